The summed E-state index contributed by atoms with van der Waals surface area (Å²) >= 11 is 6.56. The molecule has 0 radical (unpaired) electrons. The van der Waals surface area contributed by atoms with Gasteiger partial charge in [-0.25, -0.2) is 4.99 Å². The minimum Gasteiger partial charge on any atom is -0.492 e. The second-order valence-electron chi connectivity index (χ2n) is 8.27. The number of amides is 2. The lowest BCUT2D eigenvalue weighted by molar-refractivity contribution is -0.135. The Hall–Kier alpha value is -2.32. The molecule has 0 atom stereocenters. The smallest absolute Gasteiger partial charge is 0.246 e. The van der Waals surface area contributed by atoms with E-state index in [2.05, 4.69) is 10.3 Å². The third-order valence-corrected chi connectivity index (χ3v) is 6.53. The number of aliphatic hydroxyl groups excluding tert-OH is 1. The summed E-state index contributed by atoms with van der Waals surface area (Å²) in [7, 11) is 0. The molecule has 9 heteroatoms. The highest BCUT2D eigenvalue weighted by molar-refractivity contribution is 6.33. The number of ether oxygens (including phenoxy) is 1. The monoisotopic (exact) mass is 448 g/mol. The average molecular weight is 449 g/mol. The van der Waals surface area contributed by atoms with Gasteiger partial charge in [-0.05, 0) is 31.4 Å². The first-order chi connectivity index (χ1) is 15.1. The van der Waals surface area contributed by atoms with Crippen molar-refractivity contribution in [1.29, 1.82) is 0 Å². The third-order valence-electron chi connectivity index (χ3n) is 6.11. The fraction of sp³-hybridized carbons (Fsp3) is 0.591. The van der Waals surface area contributed by atoms with Crippen LogP contribution in [0.2, 0.25) is 5.02 Å². The molecular weight excluding hydrogens is 420 g/mol. The number of aliphatic imine (C=N–C) groups is 1. The number of carbonyl (C=O) groups excluding carboxylic acids is 2. The standard InChI is InChI=1S/C22H29ClN4O4/c23-21-16-13-26-14-19(29)25-22(26)24-17(16)8-9-18(21)31-12-4-7-20(30)27(10-11-28)15-5-2-1-3-6-15/h8-9,15,28H,1-7,10-14H2,(H,24,25,29). The van der Waals surface area contributed by atoms with E-state index in [1.165, 1.54) is 6.42 Å². The van der Waals surface area contributed by atoms with Crippen LogP contribution in [0.25, 0.3) is 0 Å². The summed E-state index contributed by atoms with van der Waals surface area (Å²) in [6.45, 7) is 1.54. The first kappa shape index (κ1) is 21.9. The second-order valence-corrected chi connectivity index (χ2v) is 8.65. The molecule has 2 fully saturated rings. The van der Waals surface area contributed by atoms with E-state index in [0.717, 1.165) is 36.9 Å². The molecule has 31 heavy (non-hydrogen) atoms. The van der Waals surface area contributed by atoms with Crippen LogP contribution in [0.4, 0.5) is 5.69 Å². The molecule has 0 unspecified atom stereocenters. The second kappa shape index (κ2) is 9.87. The lowest BCUT2D eigenvalue weighted by Crippen LogP contribution is -2.43. The molecule has 2 amide bonds. The van der Waals surface area contributed by atoms with Crippen molar-refractivity contribution in [2.75, 3.05) is 26.3 Å². The summed E-state index contributed by atoms with van der Waals surface area (Å²) in [5.74, 6) is 1.12. The number of carbonyl (C=O) groups is 2. The zero-order valence-corrected chi connectivity index (χ0v) is 18.4. The molecule has 1 saturated heterocycles. The van der Waals surface area contributed by atoms with E-state index in [0.29, 0.717) is 49.3 Å². The van der Waals surface area contributed by atoms with E-state index in [9.17, 15) is 14.7 Å². The van der Waals surface area contributed by atoms with Crippen LogP contribution in [-0.4, -0.2) is 65.0 Å². The summed E-state index contributed by atoms with van der Waals surface area (Å²) < 4.78 is 5.87. The molecule has 1 aromatic carbocycles. The van der Waals surface area contributed by atoms with Crippen molar-refractivity contribution in [3.8, 4) is 5.75 Å². The van der Waals surface area contributed by atoms with E-state index in [1.54, 1.807) is 6.07 Å². The van der Waals surface area contributed by atoms with Gasteiger partial charge in [-0.2, -0.15) is 0 Å². The Morgan fingerprint density at radius 2 is 2.10 bits per heavy atom. The van der Waals surface area contributed by atoms with Crippen LogP contribution >= 0.6 is 11.6 Å². The van der Waals surface area contributed by atoms with Gasteiger partial charge in [-0.1, -0.05) is 30.9 Å². The van der Waals surface area contributed by atoms with Gasteiger partial charge in [-0.3, -0.25) is 14.9 Å². The molecular formula is C22H29ClN4O4. The summed E-state index contributed by atoms with van der Waals surface area (Å²) in [5, 5.41) is 12.6. The molecule has 0 aromatic heterocycles. The van der Waals surface area contributed by atoms with Crippen LogP contribution in [0.3, 0.4) is 0 Å². The first-order valence-electron chi connectivity index (χ1n) is 11.0. The predicted octanol–water partition coefficient (Wildman–Crippen LogP) is 2.59. The third kappa shape index (κ3) is 4.96. The van der Waals surface area contributed by atoms with Crippen LogP contribution in [0.1, 0.15) is 50.5 Å². The lowest BCUT2D eigenvalue weighted by Gasteiger charge is -2.34. The Bertz CT molecular complexity index is 869. The van der Waals surface area contributed by atoms with Crippen molar-refractivity contribution in [2.45, 2.75) is 57.5 Å². The van der Waals surface area contributed by atoms with E-state index < -0.39 is 0 Å². The molecule has 4 rings (SSSR count). The van der Waals surface area contributed by atoms with E-state index in [1.807, 2.05) is 15.9 Å². The van der Waals surface area contributed by atoms with Gasteiger partial charge in [0, 0.05) is 24.6 Å². The molecule has 1 saturated carbocycles. The molecule has 1 aromatic rings. The molecule has 2 heterocycles. The van der Waals surface area contributed by atoms with Gasteiger partial charge >= 0.3 is 0 Å². The molecule has 8 nitrogen and oxygen atoms in total. The maximum Gasteiger partial charge on any atom is 0.246 e. The molecule has 1 aliphatic carbocycles. The van der Waals surface area contributed by atoms with Crippen molar-refractivity contribution in [3.63, 3.8) is 0 Å². The summed E-state index contributed by atoms with van der Waals surface area (Å²) in [6.07, 6.45) is 6.52. The molecule has 2 N–H and O–H groups in total. The number of halogens is 1. The lowest BCUT2D eigenvalue weighted by atomic mass is 9.94. The molecule has 3 aliphatic rings. The fourth-order valence-electron chi connectivity index (χ4n) is 4.54. The molecule has 2 aliphatic heterocycles. The summed E-state index contributed by atoms with van der Waals surface area (Å²) in [4.78, 5) is 32.5. The number of aliphatic hydroxyl groups is 1. The van der Waals surface area contributed by atoms with Crippen molar-refractivity contribution in [2.24, 2.45) is 4.99 Å². The van der Waals surface area contributed by atoms with Crippen LogP contribution < -0.4 is 10.1 Å². The quantitative estimate of drug-likeness (QED) is 0.596. The van der Waals surface area contributed by atoms with Crippen molar-refractivity contribution in [1.82, 2.24) is 15.1 Å². The van der Waals surface area contributed by atoms with Crippen LogP contribution in [-0.2, 0) is 16.1 Å². The highest BCUT2D eigenvalue weighted by Gasteiger charge is 2.31. The molecule has 0 bridgehead atoms. The van der Waals surface area contributed by atoms with Gasteiger partial charge in [0.15, 0.2) is 0 Å². The first-order valence-corrected chi connectivity index (χ1v) is 11.4. The number of guanidine groups is 1. The number of hydrogen-bond acceptors (Lipinski definition) is 6. The normalized spacial score (nSPS) is 18.2. The summed E-state index contributed by atoms with van der Waals surface area (Å²) in [5.41, 5.74) is 1.56. The van der Waals surface area contributed by atoms with E-state index in [-0.39, 0.29) is 31.0 Å². The van der Waals surface area contributed by atoms with Crippen LogP contribution in [0.5, 0.6) is 5.75 Å². The highest BCUT2D eigenvalue weighted by atomic mass is 35.5. The Balaban J connectivity index is 1.31. The Kier molecular flexibility index (Phi) is 6.97. The minimum absolute atomic E-state index is 0.00813. The minimum atomic E-state index is -0.0766. The number of hydrogen-bond donors (Lipinski definition) is 2. The summed E-state index contributed by atoms with van der Waals surface area (Å²) in [6, 6.07) is 3.86. The number of rotatable bonds is 8. The molecule has 168 valence electrons. The van der Waals surface area contributed by atoms with Gasteiger partial charge in [0.2, 0.25) is 17.8 Å². The van der Waals surface area contributed by atoms with Crippen molar-refractivity contribution in [3.05, 3.63) is 22.7 Å². The topological polar surface area (TPSA) is 94.5 Å². The number of nitrogens with one attached hydrogen (secondary N) is 1. The highest BCUT2D eigenvalue weighted by Crippen LogP contribution is 2.38. The largest absolute Gasteiger partial charge is 0.492 e. The van der Waals surface area contributed by atoms with Crippen LogP contribution in [0.15, 0.2) is 17.1 Å². The Morgan fingerprint density at radius 3 is 2.87 bits per heavy atom. The zero-order chi connectivity index (χ0) is 21.8. The maximum absolute atomic E-state index is 12.7. The average Bonchev–Trinajstić information content (AvgIpc) is 3.14. The van der Waals surface area contributed by atoms with Crippen LogP contribution in [0, 0.1) is 0 Å². The zero-order valence-electron chi connectivity index (χ0n) is 17.6. The van der Waals surface area contributed by atoms with Gasteiger partial charge in [0.05, 0.1) is 30.5 Å². The number of fused-ring (bicyclic) bond motifs is 2. The SMILES string of the molecule is O=C1CN2Cc3c(ccc(OCCCC(=O)N(CCO)C4CCCCC4)c3Cl)N=C2N1. The molecule has 0 spiro atoms. The predicted molar refractivity (Wildman–Crippen MR) is 118 cm³/mol. The number of nitrogens with zero attached hydrogens (tertiary/aromatic N) is 3. The van der Waals surface area contributed by atoms with Crippen molar-refractivity contribution >= 4 is 35.1 Å². The van der Waals surface area contributed by atoms with E-state index >= 15 is 0 Å². The Morgan fingerprint density at radius 1 is 1.29 bits per heavy atom. The van der Waals surface area contributed by atoms with E-state index in [4.69, 9.17) is 16.3 Å². The van der Waals surface area contributed by atoms with Gasteiger partial charge in [0.1, 0.15) is 12.3 Å². The van der Waals surface area contributed by atoms with Gasteiger partial charge in [0.25, 0.3) is 0 Å². The fourth-order valence-corrected chi connectivity index (χ4v) is 4.82. The maximum atomic E-state index is 12.7. The van der Waals surface area contributed by atoms with Gasteiger partial charge in [-0.15, -0.1) is 0 Å². The van der Waals surface area contributed by atoms with Gasteiger partial charge < -0.3 is 19.6 Å². The van der Waals surface area contributed by atoms with Crippen molar-refractivity contribution < 1.29 is 19.4 Å². The Labute approximate surface area is 187 Å². The number of benzene rings is 1.